The number of methoxy groups -OCH3 is 1. The molecular weight excluding hydrogens is 315 g/mol. The van der Waals surface area contributed by atoms with Crippen molar-refractivity contribution in [2.45, 2.75) is 25.8 Å². The van der Waals surface area contributed by atoms with E-state index in [9.17, 15) is 4.79 Å². The zero-order valence-electron chi connectivity index (χ0n) is 12.3. The van der Waals surface area contributed by atoms with Gasteiger partial charge in [0.1, 0.15) is 0 Å². The van der Waals surface area contributed by atoms with Crippen LogP contribution < -0.4 is 10.6 Å². The molecule has 3 N–H and O–H groups in total. The Morgan fingerprint density at radius 3 is 2.43 bits per heavy atom. The summed E-state index contributed by atoms with van der Waals surface area (Å²) < 4.78 is 5.07. The highest BCUT2D eigenvalue weighted by Crippen LogP contribution is 2.28. The van der Waals surface area contributed by atoms with Gasteiger partial charge >= 0.3 is 6.03 Å². The van der Waals surface area contributed by atoms with E-state index in [1.165, 1.54) is 7.11 Å². The van der Waals surface area contributed by atoms with Crippen LogP contribution >= 0.6 is 23.2 Å². The Morgan fingerprint density at radius 1 is 1.38 bits per heavy atom. The molecule has 1 rings (SSSR count). The van der Waals surface area contributed by atoms with Crippen molar-refractivity contribution >= 4 is 34.9 Å². The lowest BCUT2D eigenvalue weighted by molar-refractivity contribution is 0.104. The summed E-state index contributed by atoms with van der Waals surface area (Å²) >= 11 is 12.1. The number of carbonyl (C=O) groups excluding carboxylic acids is 1. The van der Waals surface area contributed by atoms with Crippen LogP contribution in [0.15, 0.2) is 12.1 Å². The highest BCUT2D eigenvalue weighted by atomic mass is 35.5. The number of urea groups is 1. The highest BCUT2D eigenvalue weighted by Gasteiger charge is 2.26. The topological polar surface area (TPSA) is 70.6 Å². The first-order valence-electron chi connectivity index (χ1n) is 6.46. The minimum absolute atomic E-state index is 0.0532. The normalized spacial score (nSPS) is 13.6. The van der Waals surface area contributed by atoms with Crippen molar-refractivity contribution < 1.29 is 14.6 Å². The van der Waals surface area contributed by atoms with Gasteiger partial charge in [0.05, 0.1) is 12.1 Å². The first-order valence-corrected chi connectivity index (χ1v) is 7.21. The average molecular weight is 335 g/mol. The van der Waals surface area contributed by atoms with Crippen molar-refractivity contribution in [2.75, 3.05) is 25.6 Å². The van der Waals surface area contributed by atoms with Crippen LogP contribution in [-0.4, -0.2) is 37.0 Å². The van der Waals surface area contributed by atoms with E-state index in [0.29, 0.717) is 22.2 Å². The number of halogens is 2. The first-order chi connectivity index (χ1) is 9.81. The van der Waals surface area contributed by atoms with Gasteiger partial charge in [0.2, 0.25) is 0 Å². The quantitative estimate of drug-likeness (QED) is 0.748. The van der Waals surface area contributed by atoms with Gasteiger partial charge in [-0.25, -0.2) is 4.79 Å². The molecule has 7 heteroatoms. The molecule has 1 unspecified atom stereocenters. The summed E-state index contributed by atoms with van der Waals surface area (Å²) in [5.41, 5.74) is 0.594. The van der Waals surface area contributed by atoms with Crippen molar-refractivity contribution in [3.8, 4) is 0 Å². The number of carbonyl (C=O) groups is 1. The fraction of sp³-hybridized carbons (Fsp3) is 0.500. The summed E-state index contributed by atoms with van der Waals surface area (Å²) in [5.74, 6) is 0. The number of aliphatic hydroxyl groups is 1. The second-order valence-corrected chi connectivity index (χ2v) is 5.93. The molecule has 0 heterocycles. The molecule has 0 radical (unpaired) electrons. The van der Waals surface area contributed by atoms with Crippen LogP contribution in [0.5, 0.6) is 0 Å². The first kappa shape index (κ1) is 18.0. The lowest BCUT2D eigenvalue weighted by atomic mass is 10.00. The molecule has 1 aromatic carbocycles. The number of anilines is 1. The lowest BCUT2D eigenvalue weighted by Gasteiger charge is -2.29. The van der Waals surface area contributed by atoms with E-state index < -0.39 is 11.6 Å². The number of amides is 2. The summed E-state index contributed by atoms with van der Waals surface area (Å²) in [5, 5.41) is 15.5. The van der Waals surface area contributed by atoms with E-state index in [-0.39, 0.29) is 13.2 Å². The van der Waals surface area contributed by atoms with E-state index in [2.05, 4.69) is 10.6 Å². The number of nitrogens with one attached hydrogen (secondary N) is 2. The van der Waals surface area contributed by atoms with Crippen molar-refractivity contribution in [3.05, 3.63) is 27.7 Å². The predicted octanol–water partition coefficient (Wildman–Crippen LogP) is 3.21. The van der Waals surface area contributed by atoms with E-state index in [1.54, 1.807) is 26.0 Å². The van der Waals surface area contributed by atoms with Gasteiger partial charge in [-0.3, -0.25) is 0 Å². The Kier molecular flexibility index (Phi) is 6.74. The van der Waals surface area contributed by atoms with Crippen LogP contribution in [0, 0.1) is 6.92 Å². The predicted molar refractivity (Wildman–Crippen MR) is 85.3 cm³/mol. The minimum Gasteiger partial charge on any atom is -0.396 e. The smallest absolute Gasteiger partial charge is 0.319 e. The molecule has 0 aliphatic heterocycles. The zero-order valence-corrected chi connectivity index (χ0v) is 13.8. The summed E-state index contributed by atoms with van der Waals surface area (Å²) in [6, 6.07) is 2.84. The van der Waals surface area contributed by atoms with Gasteiger partial charge < -0.3 is 20.5 Å². The molecule has 0 spiro atoms. The third-order valence-corrected chi connectivity index (χ3v) is 3.87. The van der Waals surface area contributed by atoms with Crippen molar-refractivity contribution in [2.24, 2.45) is 0 Å². The maximum Gasteiger partial charge on any atom is 0.319 e. The second kappa shape index (κ2) is 7.84. The number of rotatable bonds is 6. The molecule has 1 aromatic rings. The Hall–Kier alpha value is -1.01. The number of aliphatic hydroxyl groups excluding tert-OH is 1. The van der Waals surface area contributed by atoms with Gasteiger partial charge in [-0.15, -0.1) is 0 Å². The van der Waals surface area contributed by atoms with Gasteiger partial charge in [0.15, 0.2) is 0 Å². The van der Waals surface area contributed by atoms with Gasteiger partial charge in [0, 0.05) is 29.4 Å². The molecule has 0 aliphatic carbocycles. The zero-order chi connectivity index (χ0) is 16.0. The highest BCUT2D eigenvalue weighted by molar-refractivity contribution is 6.36. The molecular formula is C14H20Cl2N2O3. The molecule has 0 saturated carbocycles. The second-order valence-electron chi connectivity index (χ2n) is 5.11. The molecule has 1 atom stereocenters. The molecule has 0 bridgehead atoms. The number of benzene rings is 1. The monoisotopic (exact) mass is 334 g/mol. The third-order valence-electron chi connectivity index (χ3n) is 3.08. The van der Waals surface area contributed by atoms with Crippen LogP contribution in [0.1, 0.15) is 18.9 Å². The Bertz CT molecular complexity index is 480. The van der Waals surface area contributed by atoms with Crippen LogP contribution in [0.25, 0.3) is 0 Å². The van der Waals surface area contributed by atoms with Crippen LogP contribution in [0.2, 0.25) is 10.0 Å². The third kappa shape index (κ3) is 5.36. The van der Waals surface area contributed by atoms with Crippen LogP contribution in [0.3, 0.4) is 0 Å². The molecule has 0 aromatic heterocycles. The number of hydrogen-bond acceptors (Lipinski definition) is 3. The van der Waals surface area contributed by atoms with Gasteiger partial charge in [-0.05, 0) is 38.0 Å². The fourth-order valence-corrected chi connectivity index (χ4v) is 2.38. The van der Waals surface area contributed by atoms with Crippen molar-refractivity contribution in [1.29, 1.82) is 0 Å². The molecule has 2 amide bonds. The molecule has 0 aliphatic rings. The average Bonchev–Trinajstić information content (AvgIpc) is 2.35. The van der Waals surface area contributed by atoms with Gasteiger partial charge in [-0.2, -0.15) is 0 Å². The van der Waals surface area contributed by atoms with Crippen LogP contribution in [0.4, 0.5) is 10.5 Å². The summed E-state index contributed by atoms with van der Waals surface area (Å²) in [6.07, 6.45) is 0.379. The van der Waals surface area contributed by atoms with Gasteiger partial charge in [-0.1, -0.05) is 23.2 Å². The fourth-order valence-electron chi connectivity index (χ4n) is 1.89. The SMILES string of the molecule is COCC(C)(CCO)NC(=O)Nc1cc(Cl)c(C)c(Cl)c1. The Labute approximate surface area is 134 Å². The molecule has 5 nitrogen and oxygen atoms in total. The van der Waals surface area contributed by atoms with E-state index in [1.807, 2.05) is 0 Å². The molecule has 118 valence electrons. The van der Waals surface area contributed by atoms with E-state index >= 15 is 0 Å². The summed E-state index contributed by atoms with van der Waals surface area (Å²) in [6.45, 7) is 3.82. The van der Waals surface area contributed by atoms with Crippen molar-refractivity contribution in [3.63, 3.8) is 0 Å². The van der Waals surface area contributed by atoms with E-state index in [0.717, 1.165) is 5.56 Å². The Morgan fingerprint density at radius 2 is 1.95 bits per heavy atom. The standard InChI is InChI=1S/C14H20Cl2N2O3/c1-9-11(15)6-10(7-12(9)16)17-13(20)18-14(2,4-5-19)8-21-3/h6-7,19H,4-5,8H2,1-3H3,(H2,17,18,20). The lowest BCUT2D eigenvalue weighted by Crippen LogP contribution is -2.51. The maximum absolute atomic E-state index is 12.0. The number of ether oxygens (including phenoxy) is 1. The van der Waals surface area contributed by atoms with Crippen molar-refractivity contribution in [1.82, 2.24) is 5.32 Å². The minimum atomic E-state index is -0.661. The Balaban J connectivity index is 2.77. The summed E-state index contributed by atoms with van der Waals surface area (Å²) in [7, 11) is 1.54. The van der Waals surface area contributed by atoms with E-state index in [4.69, 9.17) is 33.0 Å². The largest absolute Gasteiger partial charge is 0.396 e. The van der Waals surface area contributed by atoms with Gasteiger partial charge in [0.25, 0.3) is 0 Å². The van der Waals surface area contributed by atoms with Crippen LogP contribution in [-0.2, 0) is 4.74 Å². The molecule has 0 saturated heterocycles. The number of hydrogen-bond donors (Lipinski definition) is 3. The molecule has 0 fully saturated rings. The summed E-state index contributed by atoms with van der Waals surface area (Å²) in [4.78, 5) is 12.0. The maximum atomic E-state index is 12.0. The molecule has 21 heavy (non-hydrogen) atoms.